The highest BCUT2D eigenvalue weighted by Crippen LogP contribution is 2.20. The normalized spacial score (nSPS) is 17.9. The molecule has 6 heteroatoms. The van der Waals surface area contributed by atoms with Gasteiger partial charge >= 0.3 is 0 Å². The second-order valence-corrected chi connectivity index (χ2v) is 6.57. The molecule has 0 unspecified atom stereocenters. The molecule has 1 aromatic carbocycles. The van der Waals surface area contributed by atoms with Crippen LogP contribution in [0.2, 0.25) is 0 Å². The molecule has 24 heavy (non-hydrogen) atoms. The predicted molar refractivity (Wildman–Crippen MR) is 91.2 cm³/mol. The van der Waals surface area contributed by atoms with Crippen molar-refractivity contribution >= 4 is 17.2 Å². The Morgan fingerprint density at radius 2 is 2.04 bits per heavy atom. The molecule has 5 nitrogen and oxygen atoms in total. The molecule has 1 amide bonds. The Morgan fingerprint density at radius 1 is 1.25 bits per heavy atom. The number of piperazine rings is 1. The molecule has 1 aromatic heterocycles. The second-order valence-electron chi connectivity index (χ2n) is 5.66. The molecule has 0 N–H and O–H groups in total. The van der Waals surface area contributed by atoms with Crippen molar-refractivity contribution in [1.82, 2.24) is 9.80 Å². The Labute approximate surface area is 145 Å². The van der Waals surface area contributed by atoms with Gasteiger partial charge in [0.1, 0.15) is 12.1 Å². The molecule has 2 aromatic rings. The lowest BCUT2D eigenvalue weighted by molar-refractivity contribution is 0.0556. The molecule has 0 radical (unpaired) electrons. The van der Waals surface area contributed by atoms with Gasteiger partial charge in [0.05, 0.1) is 16.5 Å². The van der Waals surface area contributed by atoms with Gasteiger partial charge in [0.25, 0.3) is 5.91 Å². The monoisotopic (exact) mass is 336 g/mol. The molecule has 1 saturated heterocycles. The van der Waals surface area contributed by atoms with Crippen molar-refractivity contribution in [2.75, 3.05) is 19.6 Å². The summed E-state index contributed by atoms with van der Waals surface area (Å²) in [6.45, 7) is 2.35. The fraction of sp³-hybridized carbons (Fsp3) is 0.278. The standard InChI is InChI=1S/C18H16N4OS/c19-9-15-8-17(24-13-15)18(23)22-7-6-21(16(10-20)12-22)11-14-4-2-1-3-5-14/h1-5,8,13,16H,6-7,11-12H2/t16-/m0/s1. The van der Waals surface area contributed by atoms with Crippen LogP contribution in [-0.4, -0.2) is 41.4 Å². The number of carbonyl (C=O) groups is 1. The second kappa shape index (κ2) is 7.27. The molecular weight excluding hydrogens is 320 g/mol. The van der Waals surface area contributed by atoms with Crippen LogP contribution in [0.4, 0.5) is 0 Å². The van der Waals surface area contributed by atoms with Crippen molar-refractivity contribution < 1.29 is 4.79 Å². The lowest BCUT2D eigenvalue weighted by Gasteiger charge is -2.38. The van der Waals surface area contributed by atoms with Crippen LogP contribution in [0.25, 0.3) is 0 Å². The number of nitriles is 2. The summed E-state index contributed by atoms with van der Waals surface area (Å²) in [5.41, 5.74) is 1.66. The van der Waals surface area contributed by atoms with Crippen molar-refractivity contribution in [3.05, 3.63) is 57.8 Å². The first-order chi connectivity index (χ1) is 11.7. The predicted octanol–water partition coefficient (Wildman–Crippen LogP) is 2.47. The maximum absolute atomic E-state index is 12.6. The zero-order chi connectivity index (χ0) is 16.9. The third kappa shape index (κ3) is 3.46. The maximum atomic E-state index is 12.6. The van der Waals surface area contributed by atoms with E-state index in [2.05, 4.69) is 11.0 Å². The average Bonchev–Trinajstić information content (AvgIpc) is 3.11. The largest absolute Gasteiger partial charge is 0.334 e. The minimum atomic E-state index is -0.321. The summed E-state index contributed by atoms with van der Waals surface area (Å²) >= 11 is 1.28. The van der Waals surface area contributed by atoms with Gasteiger partial charge in [-0.25, -0.2) is 0 Å². The summed E-state index contributed by atoms with van der Waals surface area (Å²) in [4.78, 5) is 16.9. The first-order valence-corrected chi connectivity index (χ1v) is 8.54. The van der Waals surface area contributed by atoms with Gasteiger partial charge in [-0.15, -0.1) is 11.3 Å². The van der Waals surface area contributed by atoms with E-state index in [0.29, 0.717) is 36.6 Å². The van der Waals surface area contributed by atoms with E-state index in [1.54, 1.807) is 16.3 Å². The molecule has 1 fully saturated rings. The first-order valence-electron chi connectivity index (χ1n) is 7.67. The number of amides is 1. The van der Waals surface area contributed by atoms with Gasteiger partial charge in [0.15, 0.2) is 0 Å². The smallest absolute Gasteiger partial charge is 0.264 e. The van der Waals surface area contributed by atoms with Crippen LogP contribution in [0.15, 0.2) is 41.8 Å². The Hall–Kier alpha value is -2.67. The average molecular weight is 336 g/mol. The topological polar surface area (TPSA) is 71.1 Å². The summed E-state index contributed by atoms with van der Waals surface area (Å²) in [6.07, 6.45) is 0. The molecule has 0 bridgehead atoms. The summed E-state index contributed by atoms with van der Waals surface area (Å²) in [5.74, 6) is -0.0962. The molecule has 1 aliphatic heterocycles. The molecular formula is C18H16N4OS. The van der Waals surface area contributed by atoms with Gasteiger partial charge in [0.2, 0.25) is 0 Å². The highest BCUT2D eigenvalue weighted by molar-refractivity contribution is 7.12. The summed E-state index contributed by atoms with van der Waals surface area (Å²) in [6, 6.07) is 15.7. The Balaban J connectivity index is 1.67. The van der Waals surface area contributed by atoms with Crippen LogP contribution >= 0.6 is 11.3 Å². The third-order valence-corrected chi connectivity index (χ3v) is 5.01. The van der Waals surface area contributed by atoms with Gasteiger partial charge in [0, 0.05) is 31.6 Å². The van der Waals surface area contributed by atoms with Crippen LogP contribution in [-0.2, 0) is 6.54 Å². The lowest BCUT2D eigenvalue weighted by Crippen LogP contribution is -2.53. The molecule has 0 saturated carbocycles. The van der Waals surface area contributed by atoms with E-state index in [1.807, 2.05) is 36.4 Å². The van der Waals surface area contributed by atoms with Gasteiger partial charge in [-0.1, -0.05) is 30.3 Å². The highest BCUT2D eigenvalue weighted by Gasteiger charge is 2.30. The summed E-state index contributed by atoms with van der Waals surface area (Å²) < 4.78 is 0. The molecule has 0 spiro atoms. The molecule has 1 atom stereocenters. The molecule has 2 heterocycles. The van der Waals surface area contributed by atoms with Crippen molar-refractivity contribution in [3.63, 3.8) is 0 Å². The quantitative estimate of drug-likeness (QED) is 0.863. The summed E-state index contributed by atoms with van der Waals surface area (Å²) in [5, 5.41) is 20.0. The van der Waals surface area contributed by atoms with Gasteiger partial charge in [-0.3, -0.25) is 9.69 Å². The van der Waals surface area contributed by atoms with Crippen LogP contribution < -0.4 is 0 Å². The number of hydrogen-bond donors (Lipinski definition) is 0. The van der Waals surface area contributed by atoms with E-state index in [9.17, 15) is 10.1 Å². The van der Waals surface area contributed by atoms with E-state index in [1.165, 1.54) is 11.3 Å². The Bertz CT molecular complexity index is 802. The number of nitrogens with zero attached hydrogens (tertiary/aromatic N) is 4. The minimum Gasteiger partial charge on any atom is -0.334 e. The Morgan fingerprint density at radius 3 is 2.71 bits per heavy atom. The van der Waals surface area contributed by atoms with Gasteiger partial charge in [-0.2, -0.15) is 10.5 Å². The fourth-order valence-electron chi connectivity index (χ4n) is 2.80. The van der Waals surface area contributed by atoms with Crippen molar-refractivity contribution in [2.45, 2.75) is 12.6 Å². The van der Waals surface area contributed by atoms with Crippen LogP contribution in [0.3, 0.4) is 0 Å². The zero-order valence-electron chi connectivity index (χ0n) is 13.1. The van der Waals surface area contributed by atoms with E-state index in [4.69, 9.17) is 5.26 Å². The van der Waals surface area contributed by atoms with E-state index >= 15 is 0 Å². The maximum Gasteiger partial charge on any atom is 0.264 e. The lowest BCUT2D eigenvalue weighted by atomic mass is 10.1. The van der Waals surface area contributed by atoms with Crippen LogP contribution in [0.1, 0.15) is 20.8 Å². The third-order valence-electron chi connectivity index (χ3n) is 4.10. The number of hydrogen-bond acceptors (Lipinski definition) is 5. The molecule has 1 aliphatic rings. The fourth-order valence-corrected chi connectivity index (χ4v) is 3.60. The van der Waals surface area contributed by atoms with Crippen molar-refractivity contribution in [1.29, 1.82) is 10.5 Å². The van der Waals surface area contributed by atoms with E-state index in [-0.39, 0.29) is 11.9 Å². The first kappa shape index (κ1) is 16.2. The number of rotatable bonds is 3. The molecule has 0 aliphatic carbocycles. The Kier molecular flexibility index (Phi) is 4.90. The SMILES string of the molecule is N#Cc1csc(C(=O)N2CCN(Cc3ccccc3)[C@@H](C#N)C2)c1. The van der Waals surface area contributed by atoms with Crippen molar-refractivity contribution in [2.24, 2.45) is 0 Å². The number of thiophene rings is 1. The minimum absolute atomic E-state index is 0.0962. The number of carbonyl (C=O) groups excluding carboxylic acids is 1. The zero-order valence-corrected chi connectivity index (χ0v) is 13.9. The highest BCUT2D eigenvalue weighted by atomic mass is 32.1. The van der Waals surface area contributed by atoms with Crippen LogP contribution in [0, 0.1) is 22.7 Å². The van der Waals surface area contributed by atoms with Gasteiger partial charge in [-0.05, 0) is 11.6 Å². The van der Waals surface area contributed by atoms with Crippen molar-refractivity contribution in [3.8, 4) is 12.1 Å². The van der Waals surface area contributed by atoms with Gasteiger partial charge < -0.3 is 4.90 Å². The van der Waals surface area contributed by atoms with E-state index in [0.717, 1.165) is 5.56 Å². The summed E-state index contributed by atoms with van der Waals surface area (Å²) in [7, 11) is 0. The van der Waals surface area contributed by atoms with Crippen LogP contribution in [0.5, 0.6) is 0 Å². The molecule has 3 rings (SSSR count). The van der Waals surface area contributed by atoms with E-state index < -0.39 is 0 Å². The number of benzene rings is 1. The molecule has 120 valence electrons.